The minimum absolute atomic E-state index is 0.201. The molecule has 31 heavy (non-hydrogen) atoms. The molecule has 0 spiro atoms. The molecule has 1 N–H and O–H groups in total. The topological polar surface area (TPSA) is 63.0 Å². The van der Waals surface area contributed by atoms with Crippen molar-refractivity contribution in [1.82, 2.24) is 14.5 Å². The Morgan fingerprint density at radius 3 is 2.42 bits per heavy atom. The van der Waals surface area contributed by atoms with E-state index in [2.05, 4.69) is 24.9 Å². The van der Waals surface area contributed by atoms with Crippen LogP contribution in [0.4, 0.5) is 5.69 Å². The first-order valence-electron chi connectivity index (χ1n) is 10.2. The van der Waals surface area contributed by atoms with E-state index in [0.29, 0.717) is 22.2 Å². The van der Waals surface area contributed by atoms with Crippen LogP contribution in [0.2, 0.25) is 0 Å². The van der Waals surface area contributed by atoms with Crippen molar-refractivity contribution in [2.45, 2.75) is 13.8 Å². The highest BCUT2D eigenvalue weighted by molar-refractivity contribution is 5.91. The van der Waals surface area contributed by atoms with Gasteiger partial charge in [0.2, 0.25) is 0 Å². The molecule has 5 rings (SSSR count). The van der Waals surface area contributed by atoms with Crippen LogP contribution in [0.5, 0.6) is 0 Å². The Hall–Kier alpha value is -3.99. The van der Waals surface area contributed by atoms with Crippen LogP contribution in [-0.4, -0.2) is 14.5 Å². The van der Waals surface area contributed by atoms with Gasteiger partial charge in [0.15, 0.2) is 0 Å². The van der Waals surface area contributed by atoms with Crippen molar-refractivity contribution in [2.75, 3.05) is 0 Å². The number of rotatable bonds is 2. The second kappa shape index (κ2) is 7.36. The van der Waals surface area contributed by atoms with Crippen LogP contribution in [0.25, 0.3) is 33.3 Å². The molecule has 3 aromatic carbocycles. The molecule has 0 aliphatic heterocycles. The number of hydrogen-bond donors (Lipinski definition) is 1. The number of nitrogens with one attached hydrogen (secondary N) is 1. The zero-order chi connectivity index (χ0) is 21.5. The number of nitrogens with zero attached hydrogens (tertiary/aromatic N) is 3. The summed E-state index contributed by atoms with van der Waals surface area (Å²) in [6.07, 6.45) is 0. The van der Waals surface area contributed by atoms with Gasteiger partial charge < -0.3 is 9.55 Å². The highest BCUT2D eigenvalue weighted by Gasteiger charge is 2.14. The minimum atomic E-state index is -0.201. The van der Waals surface area contributed by atoms with E-state index in [1.807, 2.05) is 78.3 Å². The summed E-state index contributed by atoms with van der Waals surface area (Å²) in [5, 5.41) is 2.04. The van der Waals surface area contributed by atoms with Crippen molar-refractivity contribution < 1.29 is 0 Å². The number of para-hydroxylation sites is 1. The third-order valence-electron chi connectivity index (χ3n) is 5.75. The van der Waals surface area contributed by atoms with Crippen LogP contribution in [0.15, 0.2) is 82.6 Å². The molecule has 0 saturated carbocycles. The predicted octanol–water partition coefficient (Wildman–Crippen LogP) is 4.93. The Balaban J connectivity index is 1.93. The van der Waals surface area contributed by atoms with Crippen molar-refractivity contribution in [2.24, 2.45) is 12.0 Å². The average molecular weight is 406 g/mol. The third kappa shape index (κ3) is 3.24. The molecule has 0 radical (unpaired) electrons. The number of fused-ring (bicyclic) bond motifs is 2. The molecule has 0 bridgehead atoms. The number of H-pyrrole nitrogens is 1. The van der Waals surface area contributed by atoms with E-state index >= 15 is 0 Å². The maximum absolute atomic E-state index is 13.3. The van der Waals surface area contributed by atoms with Crippen LogP contribution in [-0.2, 0) is 7.05 Å². The summed E-state index contributed by atoms with van der Waals surface area (Å²) < 4.78 is 1.96. The molecule has 0 unspecified atom stereocenters. The molecule has 0 aliphatic rings. The van der Waals surface area contributed by atoms with Gasteiger partial charge in [-0.25, -0.2) is 9.98 Å². The Morgan fingerprint density at radius 1 is 0.903 bits per heavy atom. The second-order valence-electron chi connectivity index (χ2n) is 7.78. The van der Waals surface area contributed by atoms with Crippen LogP contribution in [0.1, 0.15) is 11.1 Å². The number of aromatic amines is 1. The number of aryl methyl sites for hydroxylation is 3. The first kappa shape index (κ1) is 19.0. The third-order valence-corrected chi connectivity index (χ3v) is 5.75. The van der Waals surface area contributed by atoms with Gasteiger partial charge in [-0.2, -0.15) is 0 Å². The molecule has 2 aromatic heterocycles. The molecule has 0 aliphatic carbocycles. The smallest absolute Gasteiger partial charge is 0.262 e. The second-order valence-corrected chi connectivity index (χ2v) is 7.78. The van der Waals surface area contributed by atoms with Crippen molar-refractivity contribution >= 4 is 27.6 Å². The SMILES string of the molecule is Cc1ccc(N=c2c3ccccc3n(C)c3nc(-c4ccccc4)[nH]c(=O)c23)cc1C. The Bertz CT molecular complexity index is 1580. The molecule has 5 heteroatoms. The lowest BCUT2D eigenvalue weighted by Crippen LogP contribution is -2.22. The van der Waals surface area contributed by atoms with E-state index in [1.54, 1.807) is 0 Å². The average Bonchev–Trinajstić information content (AvgIpc) is 2.79. The van der Waals surface area contributed by atoms with Gasteiger partial charge in [-0.3, -0.25) is 4.79 Å². The van der Waals surface area contributed by atoms with E-state index in [9.17, 15) is 4.79 Å². The van der Waals surface area contributed by atoms with Crippen LogP contribution >= 0.6 is 0 Å². The molecular weight excluding hydrogens is 384 g/mol. The number of pyridine rings is 1. The van der Waals surface area contributed by atoms with Crippen molar-refractivity contribution in [3.05, 3.63) is 99.6 Å². The summed E-state index contributed by atoms with van der Waals surface area (Å²) in [7, 11) is 1.94. The lowest BCUT2D eigenvalue weighted by molar-refractivity contribution is 0.964. The number of hydrogen-bond acceptors (Lipinski definition) is 3. The zero-order valence-corrected chi connectivity index (χ0v) is 17.7. The fraction of sp³-hybridized carbons (Fsp3) is 0.115. The molecule has 2 heterocycles. The predicted molar refractivity (Wildman–Crippen MR) is 125 cm³/mol. The van der Waals surface area contributed by atoms with Crippen molar-refractivity contribution in [1.29, 1.82) is 0 Å². The summed E-state index contributed by atoms with van der Waals surface area (Å²) in [5.41, 5.74) is 5.42. The van der Waals surface area contributed by atoms with Crippen molar-refractivity contribution in [3.8, 4) is 11.4 Å². The van der Waals surface area contributed by atoms with Gasteiger partial charge in [-0.15, -0.1) is 0 Å². The number of benzene rings is 3. The van der Waals surface area contributed by atoms with Gasteiger partial charge in [-0.1, -0.05) is 54.6 Å². The highest BCUT2D eigenvalue weighted by Crippen LogP contribution is 2.21. The fourth-order valence-electron chi connectivity index (χ4n) is 3.91. The Labute approximate surface area is 179 Å². The molecule has 0 amide bonds. The van der Waals surface area contributed by atoms with E-state index < -0.39 is 0 Å². The molecule has 5 nitrogen and oxygen atoms in total. The summed E-state index contributed by atoms with van der Waals surface area (Å²) >= 11 is 0. The molecule has 0 saturated heterocycles. The summed E-state index contributed by atoms with van der Waals surface area (Å²) in [6.45, 7) is 4.14. The van der Waals surface area contributed by atoms with Gasteiger partial charge >= 0.3 is 0 Å². The standard InChI is InChI=1S/C26H22N4O/c1-16-13-14-19(15-17(16)2)27-23-20-11-7-8-12-21(20)30(3)25-22(23)26(31)29-24(28-25)18-9-5-4-6-10-18/h4-15H,1-3H3,(H,28,29,31). The fourth-order valence-corrected chi connectivity index (χ4v) is 3.91. The quantitative estimate of drug-likeness (QED) is 0.423. The largest absolute Gasteiger partial charge is 0.328 e. The lowest BCUT2D eigenvalue weighted by atomic mass is 10.1. The molecule has 5 aromatic rings. The van der Waals surface area contributed by atoms with E-state index in [1.165, 1.54) is 5.56 Å². The monoisotopic (exact) mass is 406 g/mol. The van der Waals surface area contributed by atoms with Crippen LogP contribution in [0, 0.1) is 13.8 Å². The van der Waals surface area contributed by atoms with Gasteiger partial charge in [0.25, 0.3) is 5.56 Å². The summed E-state index contributed by atoms with van der Waals surface area (Å²) in [6, 6.07) is 23.7. The van der Waals surface area contributed by atoms with Gasteiger partial charge in [0, 0.05) is 18.0 Å². The van der Waals surface area contributed by atoms with Crippen LogP contribution in [0.3, 0.4) is 0 Å². The molecule has 0 fully saturated rings. The normalized spacial score (nSPS) is 12.0. The van der Waals surface area contributed by atoms with E-state index in [0.717, 1.165) is 27.7 Å². The maximum Gasteiger partial charge on any atom is 0.262 e. The summed E-state index contributed by atoms with van der Waals surface area (Å²) in [5.74, 6) is 0.543. The first-order valence-corrected chi connectivity index (χ1v) is 10.2. The summed E-state index contributed by atoms with van der Waals surface area (Å²) in [4.78, 5) is 26.1. The van der Waals surface area contributed by atoms with E-state index in [4.69, 9.17) is 9.98 Å². The Kier molecular flexibility index (Phi) is 4.51. The number of aromatic nitrogens is 3. The van der Waals surface area contributed by atoms with Gasteiger partial charge in [0.1, 0.15) is 16.9 Å². The highest BCUT2D eigenvalue weighted by atomic mass is 16.1. The van der Waals surface area contributed by atoms with Gasteiger partial charge in [0.05, 0.1) is 16.6 Å². The van der Waals surface area contributed by atoms with E-state index in [-0.39, 0.29) is 5.56 Å². The van der Waals surface area contributed by atoms with Gasteiger partial charge in [-0.05, 0) is 43.2 Å². The molecular formula is C26H22N4O. The molecule has 0 atom stereocenters. The first-order chi connectivity index (χ1) is 15.0. The van der Waals surface area contributed by atoms with Crippen LogP contribution < -0.4 is 10.9 Å². The molecule has 152 valence electrons. The lowest BCUT2D eigenvalue weighted by Gasteiger charge is -2.12. The van der Waals surface area contributed by atoms with Crippen molar-refractivity contribution in [3.63, 3.8) is 0 Å². The maximum atomic E-state index is 13.3. The Morgan fingerprint density at radius 2 is 1.65 bits per heavy atom. The zero-order valence-electron chi connectivity index (χ0n) is 17.7. The minimum Gasteiger partial charge on any atom is -0.328 e.